The van der Waals surface area contributed by atoms with Gasteiger partial charge in [0.15, 0.2) is 0 Å². The van der Waals surface area contributed by atoms with E-state index in [0.717, 1.165) is 0 Å². The van der Waals surface area contributed by atoms with Gasteiger partial charge >= 0.3 is 12.1 Å². The maximum absolute atomic E-state index is 10.2. The quantitative estimate of drug-likeness (QED) is 0.430. The highest BCUT2D eigenvalue weighted by molar-refractivity contribution is 5.68. The van der Waals surface area contributed by atoms with E-state index in [2.05, 4.69) is 0 Å². The summed E-state index contributed by atoms with van der Waals surface area (Å²) in [6.45, 7) is 0. The monoisotopic (exact) mass is 116 g/mol. The third-order valence-corrected chi connectivity index (χ3v) is 1.13. The molecule has 44 valence electrons. The van der Waals surface area contributed by atoms with Crippen molar-refractivity contribution in [1.29, 1.82) is 0 Å². The fourth-order valence-electron chi connectivity index (χ4n) is 0.646. The molecule has 0 spiro atoms. The van der Waals surface area contributed by atoms with Crippen molar-refractivity contribution < 1.29 is 14.7 Å². The molecule has 1 atom stereocenters. The molecule has 1 N–H and O–H groups in total. The van der Waals surface area contributed by atoms with Crippen LogP contribution in [0.25, 0.3) is 0 Å². The Hall–Kier alpha value is -0.770. The highest BCUT2D eigenvalue weighted by atomic mass is 16.4. The van der Waals surface area contributed by atoms with Crippen LogP contribution >= 0.6 is 0 Å². The van der Waals surface area contributed by atoms with Crippen LogP contribution in [0.2, 0.25) is 0 Å². The molecule has 0 bridgehead atoms. The molecule has 1 heterocycles. The summed E-state index contributed by atoms with van der Waals surface area (Å²) >= 11 is 0. The van der Waals surface area contributed by atoms with Gasteiger partial charge in [0.05, 0.1) is 12.8 Å². The molecule has 8 heavy (non-hydrogen) atoms. The highest BCUT2D eigenvalue weighted by Gasteiger charge is 2.39. The zero-order valence-corrected chi connectivity index (χ0v) is 4.20. The lowest BCUT2D eigenvalue weighted by molar-refractivity contribution is -0.538. The Balaban J connectivity index is 2.71. The van der Waals surface area contributed by atoms with Gasteiger partial charge in [-0.1, -0.05) is 0 Å². The summed E-state index contributed by atoms with van der Waals surface area (Å²) in [5.74, 6) is -0.516. The van der Waals surface area contributed by atoms with E-state index in [4.69, 9.17) is 5.11 Å². The molecular formula is C4H6NO3+. The van der Waals surface area contributed by atoms with Gasteiger partial charge in [-0.2, -0.15) is 0 Å². The number of rotatable bonds is 0. The topological polar surface area (TPSA) is 57.4 Å². The van der Waals surface area contributed by atoms with Crippen LogP contribution in [-0.2, 0) is 4.79 Å². The lowest BCUT2D eigenvalue weighted by atomic mass is 10.4. The molecule has 0 aliphatic carbocycles. The van der Waals surface area contributed by atoms with Crippen LogP contribution in [0.4, 0.5) is 0 Å². The summed E-state index contributed by atoms with van der Waals surface area (Å²) in [5.41, 5.74) is 0. The van der Waals surface area contributed by atoms with E-state index < -0.39 is 12.1 Å². The van der Waals surface area contributed by atoms with E-state index in [1.165, 1.54) is 0 Å². The first-order valence-electron chi connectivity index (χ1n) is 2.39. The number of hydrogen-bond acceptors (Lipinski definition) is 3. The lowest BCUT2D eigenvalue weighted by Gasteiger charge is -1.81. The minimum atomic E-state index is -1.08. The molecule has 1 fully saturated rings. The molecule has 1 amide bonds. The van der Waals surface area contributed by atoms with E-state index in [0.29, 0.717) is 0 Å². The number of carbonyl (C=O) groups excluding carboxylic acids is 1. The number of hydrogen-bond donors (Lipinski definition) is 1. The van der Waals surface area contributed by atoms with Crippen LogP contribution in [0.1, 0.15) is 12.8 Å². The molecule has 0 aromatic heterocycles. The second kappa shape index (κ2) is 1.63. The van der Waals surface area contributed by atoms with Crippen LogP contribution in [0.3, 0.4) is 0 Å². The summed E-state index contributed by atoms with van der Waals surface area (Å²) in [4.78, 5) is 20.5. The van der Waals surface area contributed by atoms with Gasteiger partial charge in [0.1, 0.15) is 4.76 Å². The van der Waals surface area contributed by atoms with E-state index >= 15 is 0 Å². The van der Waals surface area contributed by atoms with Gasteiger partial charge < -0.3 is 5.11 Å². The van der Waals surface area contributed by atoms with Crippen molar-refractivity contribution in [2.75, 3.05) is 0 Å². The summed E-state index contributed by atoms with van der Waals surface area (Å²) in [6.07, 6.45) is -0.616. The molecule has 0 aromatic carbocycles. The SMILES string of the molecule is O=C1CCC(O)[N+]1=O. The van der Waals surface area contributed by atoms with Gasteiger partial charge in [0, 0.05) is 4.91 Å². The molecule has 1 rings (SSSR count). The summed E-state index contributed by atoms with van der Waals surface area (Å²) in [7, 11) is 0. The van der Waals surface area contributed by atoms with Gasteiger partial charge in [0.25, 0.3) is 0 Å². The van der Waals surface area contributed by atoms with Crippen LogP contribution in [0, 0.1) is 4.91 Å². The van der Waals surface area contributed by atoms with Gasteiger partial charge in [-0.25, -0.2) is 4.79 Å². The van der Waals surface area contributed by atoms with Crippen LogP contribution in [-0.4, -0.2) is 22.0 Å². The molecule has 1 unspecified atom stereocenters. The van der Waals surface area contributed by atoms with Gasteiger partial charge in [-0.05, 0) is 0 Å². The second-order valence-electron chi connectivity index (χ2n) is 1.74. The zero-order valence-electron chi connectivity index (χ0n) is 4.20. The Morgan fingerprint density at radius 1 is 1.75 bits per heavy atom. The summed E-state index contributed by atoms with van der Waals surface area (Å²) in [5, 5.41) is 8.56. The Bertz CT molecular complexity index is 142. The fourth-order valence-corrected chi connectivity index (χ4v) is 0.646. The van der Waals surface area contributed by atoms with Crippen molar-refractivity contribution in [1.82, 2.24) is 0 Å². The Morgan fingerprint density at radius 3 is 2.50 bits per heavy atom. The first kappa shape index (κ1) is 5.37. The molecule has 1 aliphatic heterocycles. The van der Waals surface area contributed by atoms with Crippen LogP contribution < -0.4 is 0 Å². The van der Waals surface area contributed by atoms with Crippen molar-refractivity contribution in [2.24, 2.45) is 0 Å². The maximum Gasteiger partial charge on any atom is 0.436 e. The Kier molecular flexibility index (Phi) is 1.09. The minimum Gasteiger partial charge on any atom is -0.333 e. The van der Waals surface area contributed by atoms with Crippen LogP contribution in [0.15, 0.2) is 0 Å². The largest absolute Gasteiger partial charge is 0.436 e. The lowest BCUT2D eigenvalue weighted by Crippen LogP contribution is -2.18. The fraction of sp³-hybridized carbons (Fsp3) is 0.750. The Labute approximate surface area is 45.7 Å². The smallest absolute Gasteiger partial charge is 0.333 e. The zero-order chi connectivity index (χ0) is 6.15. The molecule has 1 aliphatic rings. The van der Waals surface area contributed by atoms with Gasteiger partial charge in [-0.3, -0.25) is 0 Å². The van der Waals surface area contributed by atoms with Crippen molar-refractivity contribution in [3.63, 3.8) is 0 Å². The number of nitroso groups, excluding NO2 is 1. The maximum atomic E-state index is 10.2. The minimum absolute atomic E-state index is 0.111. The molecular weight excluding hydrogens is 110 g/mol. The Morgan fingerprint density at radius 2 is 2.38 bits per heavy atom. The van der Waals surface area contributed by atoms with Crippen molar-refractivity contribution >= 4 is 5.91 Å². The molecule has 4 nitrogen and oxygen atoms in total. The molecule has 1 saturated heterocycles. The van der Waals surface area contributed by atoms with E-state index in [1.807, 2.05) is 0 Å². The standard InChI is InChI=1S/C4H6NO3/c6-3-1-2-4(7)5(3)8/h3,6H,1-2H2/q+1. The average molecular weight is 116 g/mol. The first-order valence-corrected chi connectivity index (χ1v) is 2.39. The van der Waals surface area contributed by atoms with E-state index in [9.17, 15) is 9.70 Å². The van der Waals surface area contributed by atoms with Crippen molar-refractivity contribution in [3.8, 4) is 0 Å². The predicted molar refractivity (Wildman–Crippen MR) is 23.9 cm³/mol. The van der Waals surface area contributed by atoms with Crippen molar-refractivity contribution in [2.45, 2.75) is 19.1 Å². The number of nitrogens with zero attached hydrogens (tertiary/aromatic N) is 1. The third-order valence-electron chi connectivity index (χ3n) is 1.13. The molecule has 4 heteroatoms. The number of amides is 1. The molecule has 0 radical (unpaired) electrons. The van der Waals surface area contributed by atoms with Gasteiger partial charge in [-0.15, -0.1) is 0 Å². The number of aliphatic hydroxyl groups is 1. The third kappa shape index (κ3) is 0.626. The average Bonchev–Trinajstić information content (AvgIpc) is 1.98. The first-order chi connectivity index (χ1) is 3.72. The van der Waals surface area contributed by atoms with E-state index in [-0.39, 0.29) is 17.6 Å². The van der Waals surface area contributed by atoms with Crippen molar-refractivity contribution in [3.05, 3.63) is 4.91 Å². The number of aliphatic hydroxyl groups excluding tert-OH is 1. The summed E-state index contributed by atoms with van der Waals surface area (Å²) in [6, 6.07) is 0. The summed E-state index contributed by atoms with van der Waals surface area (Å²) < 4.78 is 0.111. The van der Waals surface area contributed by atoms with Gasteiger partial charge in [0.2, 0.25) is 0 Å². The highest BCUT2D eigenvalue weighted by Crippen LogP contribution is 2.08. The second-order valence-corrected chi connectivity index (χ2v) is 1.74. The molecule has 0 saturated carbocycles. The van der Waals surface area contributed by atoms with E-state index in [1.54, 1.807) is 0 Å². The number of carbonyl (C=O) groups is 1. The normalized spacial score (nSPS) is 29.4. The molecule has 0 aromatic rings. The van der Waals surface area contributed by atoms with Crippen LogP contribution in [0.5, 0.6) is 0 Å². The predicted octanol–water partition coefficient (Wildman–Crippen LogP) is -0.596.